The van der Waals surface area contributed by atoms with Crippen LogP contribution in [0.3, 0.4) is 0 Å². The van der Waals surface area contributed by atoms with E-state index in [9.17, 15) is 0 Å². The lowest BCUT2D eigenvalue weighted by Gasteiger charge is -2.39. The molecular weight excluding hydrogens is 330 g/mol. The summed E-state index contributed by atoms with van der Waals surface area (Å²) in [5.74, 6) is 0. The van der Waals surface area contributed by atoms with Gasteiger partial charge in [-0.25, -0.2) is 0 Å². The van der Waals surface area contributed by atoms with Gasteiger partial charge in [0.2, 0.25) is 0 Å². The van der Waals surface area contributed by atoms with Crippen molar-refractivity contribution in [2.75, 3.05) is 37.2 Å². The molecule has 146 valence electrons. The normalized spacial score (nSPS) is 13.2. The Morgan fingerprint density at radius 3 is 1.08 bits per heavy atom. The van der Waals surface area contributed by atoms with Gasteiger partial charge in [-0.2, -0.15) is 0 Å². The monoisotopic (exact) mass is 376 g/mol. The number of hydrogen-bond donors (Lipinski definition) is 0. The molecule has 2 nitrogen and oxygen atoms in total. The molecule has 0 aliphatic heterocycles. The average Bonchev–Trinajstić information content (AvgIpc) is 2.48. The van der Waals surface area contributed by atoms with E-state index in [0.717, 1.165) is 0 Å². The lowest BCUT2D eigenvalue weighted by atomic mass is 10.2. The van der Waals surface area contributed by atoms with Crippen molar-refractivity contribution < 1.29 is 0 Å². The van der Waals surface area contributed by atoms with Gasteiger partial charge >= 0.3 is 0 Å². The average molecular weight is 377 g/mol. The molecule has 0 radical (unpaired) electrons. The van der Waals surface area contributed by atoms with Crippen molar-refractivity contribution in [2.24, 2.45) is 0 Å². The molecule has 0 aromatic carbocycles. The minimum atomic E-state index is 0.0549. The topological polar surface area (TPSA) is 6.48 Å². The smallest absolute Gasteiger partial charge is 0.0201 e. The highest BCUT2D eigenvalue weighted by Crippen LogP contribution is 2.44. The third-order valence-corrected chi connectivity index (χ3v) is 10.3. The van der Waals surface area contributed by atoms with Crippen molar-refractivity contribution in [1.82, 2.24) is 9.80 Å². The van der Waals surface area contributed by atoms with Crippen molar-refractivity contribution in [3.8, 4) is 0 Å². The molecular formula is C20H46N2P2. The van der Waals surface area contributed by atoms with E-state index in [-0.39, 0.29) is 15.8 Å². The van der Waals surface area contributed by atoms with Gasteiger partial charge in [-0.1, -0.05) is 21.8 Å². The highest BCUT2D eigenvalue weighted by atomic mass is 31.1. The molecule has 0 rings (SSSR count). The molecule has 0 unspecified atom stereocenters. The van der Waals surface area contributed by atoms with Crippen molar-refractivity contribution >= 4 is 15.8 Å². The van der Waals surface area contributed by atoms with Gasteiger partial charge in [0.25, 0.3) is 0 Å². The van der Waals surface area contributed by atoms with E-state index in [1.807, 2.05) is 0 Å². The van der Waals surface area contributed by atoms with Crippen LogP contribution >= 0.6 is 15.8 Å². The zero-order chi connectivity index (χ0) is 18.9. The van der Waals surface area contributed by atoms with Crippen LogP contribution in [0.5, 0.6) is 0 Å². The summed E-state index contributed by atoms with van der Waals surface area (Å²) in [5.41, 5.74) is 0. The Hall–Kier alpha value is 0.780. The molecule has 0 fully saturated rings. The molecule has 4 heteroatoms. The first-order valence-electron chi connectivity index (χ1n) is 10.1. The molecule has 0 aliphatic rings. The zero-order valence-corrected chi connectivity index (χ0v) is 20.1. The third kappa shape index (κ3) is 9.47. The number of hydrogen-bond acceptors (Lipinski definition) is 2. The van der Waals surface area contributed by atoms with Crippen LogP contribution < -0.4 is 0 Å². The van der Waals surface area contributed by atoms with Crippen LogP contribution in [0.4, 0.5) is 0 Å². The molecule has 0 aromatic rings. The van der Waals surface area contributed by atoms with E-state index in [4.69, 9.17) is 0 Å². The summed E-state index contributed by atoms with van der Waals surface area (Å²) in [6.45, 7) is 23.7. The van der Waals surface area contributed by atoms with Gasteiger partial charge in [0.1, 0.15) is 0 Å². The largest absolute Gasteiger partial charge is 0.294 e. The van der Waals surface area contributed by atoms with Crippen LogP contribution in [0.2, 0.25) is 0 Å². The quantitative estimate of drug-likeness (QED) is 0.356. The van der Waals surface area contributed by atoms with E-state index in [2.05, 4.69) is 79.0 Å². The maximum absolute atomic E-state index is 2.73. The van der Waals surface area contributed by atoms with Gasteiger partial charge in [-0.05, 0) is 80.0 Å². The first-order chi connectivity index (χ1) is 11.1. The predicted octanol–water partition coefficient (Wildman–Crippen LogP) is 6.14. The number of nitrogens with zero attached hydrogens (tertiary/aromatic N) is 2. The molecule has 0 heterocycles. The van der Waals surface area contributed by atoms with Crippen LogP contribution in [-0.4, -0.2) is 71.2 Å². The fourth-order valence-electron chi connectivity index (χ4n) is 3.32. The first-order valence-corrected chi connectivity index (χ1v) is 13.9. The molecule has 24 heavy (non-hydrogen) atoms. The summed E-state index contributed by atoms with van der Waals surface area (Å²) in [7, 11) is 0.334. The summed E-state index contributed by atoms with van der Waals surface area (Å²) in [4.78, 5) is 5.45. The maximum Gasteiger partial charge on any atom is 0.0201 e. The Labute approximate surface area is 156 Å². The molecule has 0 bridgehead atoms. The van der Waals surface area contributed by atoms with Crippen LogP contribution in [0.25, 0.3) is 0 Å². The van der Waals surface area contributed by atoms with Crippen LogP contribution in [-0.2, 0) is 0 Å². The lowest BCUT2D eigenvalue weighted by molar-refractivity contribution is 0.196. The fourth-order valence-corrected chi connectivity index (χ4v) is 9.26. The second kappa shape index (κ2) is 13.0. The van der Waals surface area contributed by atoms with E-state index in [0.29, 0.717) is 24.2 Å². The lowest BCUT2D eigenvalue weighted by Crippen LogP contribution is -2.41. The van der Waals surface area contributed by atoms with E-state index in [1.54, 1.807) is 0 Å². The maximum atomic E-state index is 2.73. The molecule has 0 saturated carbocycles. The van der Waals surface area contributed by atoms with Gasteiger partial charge in [-0.15, -0.1) is 7.92 Å². The van der Waals surface area contributed by atoms with Crippen molar-refractivity contribution in [3.63, 3.8) is 0 Å². The summed E-state index contributed by atoms with van der Waals surface area (Å²) >= 11 is 0. The summed E-state index contributed by atoms with van der Waals surface area (Å²) in [6.07, 6.45) is 8.40. The van der Waals surface area contributed by atoms with Gasteiger partial charge < -0.3 is 0 Å². The van der Waals surface area contributed by atoms with Crippen molar-refractivity contribution in [3.05, 3.63) is 0 Å². The first kappa shape index (κ1) is 24.8. The third-order valence-electron chi connectivity index (χ3n) is 5.01. The standard InChI is InChI=1S/C20H46N2P2/c1-11-23(12-2)13-14-24(15-21(17(3)4)18(5)6)16-22(19(7)8)20(9)10/h17-20H,11-16H2,1-10H3. The van der Waals surface area contributed by atoms with Gasteiger partial charge in [0.05, 0.1) is 0 Å². The highest BCUT2D eigenvalue weighted by Gasteiger charge is 2.23. The van der Waals surface area contributed by atoms with Crippen LogP contribution in [0, 0.1) is 0 Å². The molecule has 0 aromatic heterocycles. The molecule has 0 saturated heterocycles. The van der Waals surface area contributed by atoms with E-state index < -0.39 is 0 Å². The highest BCUT2D eigenvalue weighted by molar-refractivity contribution is 7.61. The van der Waals surface area contributed by atoms with Gasteiger partial charge in [0, 0.05) is 36.7 Å². The van der Waals surface area contributed by atoms with Crippen LogP contribution in [0.1, 0.15) is 69.2 Å². The Bertz CT molecular complexity index is 264. The van der Waals surface area contributed by atoms with Gasteiger partial charge in [0.15, 0.2) is 0 Å². The summed E-state index contributed by atoms with van der Waals surface area (Å²) in [5, 5.41) is 0. The Morgan fingerprint density at radius 2 is 0.833 bits per heavy atom. The second-order valence-corrected chi connectivity index (χ2v) is 13.5. The molecule has 0 atom stereocenters. The zero-order valence-electron chi connectivity index (χ0n) is 18.3. The van der Waals surface area contributed by atoms with Crippen LogP contribution in [0.15, 0.2) is 0 Å². The Balaban J connectivity index is 5.05. The van der Waals surface area contributed by atoms with E-state index in [1.165, 1.54) is 37.2 Å². The van der Waals surface area contributed by atoms with Crippen molar-refractivity contribution in [2.45, 2.75) is 93.4 Å². The fraction of sp³-hybridized carbons (Fsp3) is 1.00. The molecule has 0 spiro atoms. The Morgan fingerprint density at radius 1 is 0.542 bits per heavy atom. The predicted molar refractivity (Wildman–Crippen MR) is 119 cm³/mol. The summed E-state index contributed by atoms with van der Waals surface area (Å²) in [6, 6.07) is 2.61. The summed E-state index contributed by atoms with van der Waals surface area (Å²) < 4.78 is 0. The van der Waals surface area contributed by atoms with E-state index >= 15 is 0 Å². The molecule has 0 aliphatic carbocycles. The second-order valence-electron chi connectivity index (χ2n) is 8.11. The SMILES string of the molecule is CCP(CC)CCP(CN(C(C)C)C(C)C)CN(C(C)C)C(C)C. The number of rotatable bonds is 13. The minimum Gasteiger partial charge on any atom is -0.294 e. The Kier molecular flexibility index (Phi) is 13.4. The molecule has 0 amide bonds. The minimum absolute atomic E-state index is 0.0549. The van der Waals surface area contributed by atoms with Gasteiger partial charge in [-0.3, -0.25) is 9.80 Å². The van der Waals surface area contributed by atoms with Crippen molar-refractivity contribution in [1.29, 1.82) is 0 Å². The molecule has 0 N–H and O–H groups in total.